The molecule has 0 aromatic carbocycles. The third-order valence-electron chi connectivity index (χ3n) is 4.58. The summed E-state index contributed by atoms with van der Waals surface area (Å²) in [7, 11) is 1.86. The van der Waals surface area contributed by atoms with Crippen molar-refractivity contribution in [2.24, 2.45) is 7.05 Å². The van der Waals surface area contributed by atoms with Crippen molar-refractivity contribution >= 4 is 11.6 Å². The van der Waals surface area contributed by atoms with Crippen LogP contribution in [0.3, 0.4) is 0 Å². The summed E-state index contributed by atoms with van der Waals surface area (Å²) in [5.74, 6) is 1.36. The topological polar surface area (TPSA) is 76.2 Å². The van der Waals surface area contributed by atoms with E-state index in [0.29, 0.717) is 23.7 Å². The van der Waals surface area contributed by atoms with Gasteiger partial charge in [-0.25, -0.2) is 0 Å². The molecule has 0 saturated carbocycles. The van der Waals surface area contributed by atoms with Gasteiger partial charge in [0.25, 0.3) is 0 Å². The van der Waals surface area contributed by atoms with Crippen LogP contribution in [0, 0.1) is 17.0 Å². The van der Waals surface area contributed by atoms with Crippen molar-refractivity contribution in [1.29, 1.82) is 0 Å². The van der Waals surface area contributed by atoms with E-state index in [-0.39, 0.29) is 10.7 Å². The summed E-state index contributed by atoms with van der Waals surface area (Å²) in [6.45, 7) is 3.75. The van der Waals surface area contributed by atoms with Crippen LogP contribution in [-0.2, 0) is 7.05 Å². The van der Waals surface area contributed by atoms with Crippen molar-refractivity contribution in [2.75, 3.05) is 18.0 Å². The molecule has 2 fully saturated rings. The molecule has 2 saturated heterocycles. The van der Waals surface area contributed by atoms with Crippen molar-refractivity contribution in [2.45, 2.75) is 44.7 Å². The number of nitrogens with zero attached hydrogens (tertiary/aromatic N) is 4. The Morgan fingerprint density at radius 2 is 2.20 bits per heavy atom. The Labute approximate surface area is 118 Å². The van der Waals surface area contributed by atoms with Gasteiger partial charge in [-0.3, -0.25) is 4.57 Å². The summed E-state index contributed by atoms with van der Waals surface area (Å²) >= 11 is 0. The first kappa shape index (κ1) is 13.4. The molecule has 2 atom stereocenters. The van der Waals surface area contributed by atoms with Crippen LogP contribution in [0.4, 0.5) is 11.6 Å². The van der Waals surface area contributed by atoms with Gasteiger partial charge in [-0.15, -0.1) is 0 Å². The standard InChI is InChI=1S/C13H21N5O2/c1-9-15-12(18(19)20)13(16(9)2)17-8-4-6-11(17)10-5-3-7-14-10/h10-11,14H,3-8H2,1-2H3. The normalized spacial score (nSPS) is 26.4. The summed E-state index contributed by atoms with van der Waals surface area (Å²) in [4.78, 5) is 17.2. The van der Waals surface area contributed by atoms with E-state index in [4.69, 9.17) is 0 Å². The highest BCUT2D eigenvalue weighted by Crippen LogP contribution is 2.35. The summed E-state index contributed by atoms with van der Waals surface area (Å²) in [6, 6.07) is 0.804. The van der Waals surface area contributed by atoms with Crippen molar-refractivity contribution < 1.29 is 4.92 Å². The van der Waals surface area contributed by atoms with Gasteiger partial charge < -0.3 is 20.3 Å². The molecule has 0 amide bonds. The van der Waals surface area contributed by atoms with Crippen LogP contribution in [0.15, 0.2) is 0 Å². The quantitative estimate of drug-likeness (QED) is 0.668. The lowest BCUT2D eigenvalue weighted by molar-refractivity contribution is -0.388. The molecule has 110 valence electrons. The van der Waals surface area contributed by atoms with Crippen molar-refractivity contribution in [1.82, 2.24) is 14.9 Å². The first-order chi connectivity index (χ1) is 9.59. The number of nitro groups is 1. The number of aromatic nitrogens is 2. The molecular formula is C13H21N5O2. The van der Waals surface area contributed by atoms with Gasteiger partial charge in [-0.05, 0) is 42.1 Å². The molecule has 0 spiro atoms. The maximum absolute atomic E-state index is 11.3. The van der Waals surface area contributed by atoms with Crippen LogP contribution < -0.4 is 10.2 Å². The van der Waals surface area contributed by atoms with Crippen LogP contribution in [0.2, 0.25) is 0 Å². The van der Waals surface area contributed by atoms with E-state index in [2.05, 4.69) is 15.2 Å². The summed E-state index contributed by atoms with van der Waals surface area (Å²) in [6.07, 6.45) is 4.54. The van der Waals surface area contributed by atoms with Crippen molar-refractivity contribution in [3.63, 3.8) is 0 Å². The highest BCUT2D eigenvalue weighted by Gasteiger charge is 2.39. The smallest absolute Gasteiger partial charge is 0.358 e. The number of anilines is 1. The van der Waals surface area contributed by atoms with Crippen LogP contribution in [0.5, 0.6) is 0 Å². The zero-order valence-electron chi connectivity index (χ0n) is 12.0. The molecule has 1 aromatic heterocycles. The highest BCUT2D eigenvalue weighted by atomic mass is 16.6. The molecule has 2 unspecified atom stereocenters. The lowest BCUT2D eigenvalue weighted by Gasteiger charge is -2.30. The minimum absolute atomic E-state index is 0.00473. The minimum Gasteiger partial charge on any atom is -0.358 e. The second-order valence-corrected chi connectivity index (χ2v) is 5.73. The lowest BCUT2D eigenvalue weighted by Crippen LogP contribution is -2.44. The van der Waals surface area contributed by atoms with Gasteiger partial charge >= 0.3 is 5.82 Å². The first-order valence-corrected chi connectivity index (χ1v) is 7.27. The molecule has 1 N–H and O–H groups in total. The fourth-order valence-electron chi connectivity index (χ4n) is 3.54. The van der Waals surface area contributed by atoms with Crippen LogP contribution in [0.1, 0.15) is 31.5 Å². The number of nitrogens with one attached hydrogen (secondary N) is 1. The summed E-state index contributed by atoms with van der Waals surface area (Å²) < 4.78 is 1.85. The number of hydrogen-bond acceptors (Lipinski definition) is 5. The predicted octanol–water partition coefficient (Wildman–Crippen LogP) is 1.36. The first-order valence-electron chi connectivity index (χ1n) is 7.27. The average molecular weight is 279 g/mol. The maximum atomic E-state index is 11.3. The Kier molecular flexibility index (Phi) is 3.37. The van der Waals surface area contributed by atoms with E-state index in [0.717, 1.165) is 32.4 Å². The van der Waals surface area contributed by atoms with E-state index in [1.165, 1.54) is 6.42 Å². The molecule has 7 heteroatoms. The van der Waals surface area contributed by atoms with E-state index in [1.807, 2.05) is 18.5 Å². The fraction of sp³-hybridized carbons (Fsp3) is 0.769. The number of rotatable bonds is 3. The molecule has 7 nitrogen and oxygen atoms in total. The number of imidazole rings is 1. The van der Waals surface area contributed by atoms with Crippen LogP contribution in [-0.4, -0.2) is 39.6 Å². The molecule has 20 heavy (non-hydrogen) atoms. The van der Waals surface area contributed by atoms with Gasteiger partial charge in [0.2, 0.25) is 11.6 Å². The van der Waals surface area contributed by atoms with Crippen LogP contribution >= 0.6 is 0 Å². The number of aryl methyl sites for hydroxylation is 1. The van der Waals surface area contributed by atoms with Gasteiger partial charge in [0, 0.05) is 32.6 Å². The Balaban J connectivity index is 1.96. The van der Waals surface area contributed by atoms with Gasteiger partial charge in [0.15, 0.2) is 0 Å². The monoisotopic (exact) mass is 279 g/mol. The third-order valence-corrected chi connectivity index (χ3v) is 4.58. The van der Waals surface area contributed by atoms with E-state index < -0.39 is 0 Å². The average Bonchev–Trinajstić information content (AvgIpc) is 3.10. The van der Waals surface area contributed by atoms with Gasteiger partial charge in [0.05, 0.1) is 0 Å². The zero-order valence-corrected chi connectivity index (χ0v) is 12.0. The Bertz CT molecular complexity index is 521. The Hall–Kier alpha value is -1.63. The van der Waals surface area contributed by atoms with Crippen LogP contribution in [0.25, 0.3) is 0 Å². The van der Waals surface area contributed by atoms with Gasteiger partial charge in [0.1, 0.15) is 0 Å². The molecular weight excluding hydrogens is 258 g/mol. The van der Waals surface area contributed by atoms with E-state index in [9.17, 15) is 10.1 Å². The summed E-state index contributed by atoms with van der Waals surface area (Å²) in [5, 5.41) is 14.8. The molecule has 2 aliphatic heterocycles. The molecule has 2 aliphatic rings. The lowest BCUT2D eigenvalue weighted by atomic mass is 10.0. The second-order valence-electron chi connectivity index (χ2n) is 5.73. The SMILES string of the molecule is Cc1nc([N+](=O)[O-])c(N2CCCC2C2CCCN2)n1C. The molecule has 0 bridgehead atoms. The van der Waals surface area contributed by atoms with Crippen molar-refractivity contribution in [3.8, 4) is 0 Å². The van der Waals surface area contributed by atoms with E-state index >= 15 is 0 Å². The second kappa shape index (κ2) is 5.05. The number of hydrogen-bond donors (Lipinski definition) is 1. The molecule has 3 rings (SSSR count). The molecule has 3 heterocycles. The van der Waals surface area contributed by atoms with E-state index in [1.54, 1.807) is 0 Å². The zero-order chi connectivity index (χ0) is 14.3. The minimum atomic E-state index is -0.361. The van der Waals surface area contributed by atoms with Gasteiger partial charge in [-0.1, -0.05) is 0 Å². The summed E-state index contributed by atoms with van der Waals surface area (Å²) in [5.41, 5.74) is 0. The molecule has 1 aromatic rings. The highest BCUT2D eigenvalue weighted by molar-refractivity contribution is 5.57. The Morgan fingerprint density at radius 1 is 1.40 bits per heavy atom. The van der Waals surface area contributed by atoms with Crippen molar-refractivity contribution in [3.05, 3.63) is 15.9 Å². The predicted molar refractivity (Wildman–Crippen MR) is 76.0 cm³/mol. The molecule has 0 radical (unpaired) electrons. The maximum Gasteiger partial charge on any atom is 0.406 e. The molecule has 0 aliphatic carbocycles. The fourth-order valence-corrected chi connectivity index (χ4v) is 3.54. The largest absolute Gasteiger partial charge is 0.406 e. The Morgan fingerprint density at radius 3 is 2.85 bits per heavy atom. The van der Waals surface area contributed by atoms with Gasteiger partial charge in [-0.2, -0.15) is 0 Å². The third kappa shape index (κ3) is 2.06.